The number of halogens is 3. The van der Waals surface area contributed by atoms with Gasteiger partial charge in [-0.25, -0.2) is 4.79 Å². The Balaban J connectivity index is 2.15. The third kappa shape index (κ3) is 3.01. The molecule has 1 aliphatic heterocycles. The number of carboxylic acids is 1. The Hall–Kier alpha value is -2.25. The summed E-state index contributed by atoms with van der Waals surface area (Å²) in [5, 5.41) is 8.84. The van der Waals surface area contributed by atoms with Crippen molar-refractivity contribution in [2.24, 2.45) is 0 Å². The van der Waals surface area contributed by atoms with Gasteiger partial charge in [-0.2, -0.15) is 0 Å². The average molecular weight is 289 g/mol. The molecule has 1 heterocycles. The summed E-state index contributed by atoms with van der Waals surface area (Å²) >= 11 is 0. The van der Waals surface area contributed by atoms with E-state index in [4.69, 9.17) is 5.11 Å². The molecule has 1 aromatic carbocycles. The Bertz CT molecular complexity index is 544. The summed E-state index contributed by atoms with van der Waals surface area (Å²) in [5.41, 5.74) is -0.0438. The molecule has 20 heavy (non-hydrogen) atoms. The Labute approximate surface area is 111 Å². The standard InChI is InChI=1S/C12H10F3NO4/c13-12(14,15)20-8-3-1-2-7(6-8)10(17)16-5-4-9(16)11(18)19/h1-3,6,9H,4-5H2,(H,18,19). The van der Waals surface area contributed by atoms with Gasteiger partial charge in [-0.15, -0.1) is 13.2 Å². The second-order valence-corrected chi connectivity index (χ2v) is 4.22. The second kappa shape index (κ2) is 5.03. The van der Waals surface area contributed by atoms with Crippen LogP contribution in [0, 0.1) is 0 Å². The van der Waals surface area contributed by atoms with Crippen molar-refractivity contribution in [1.82, 2.24) is 4.90 Å². The highest BCUT2D eigenvalue weighted by atomic mass is 19.4. The highest BCUT2D eigenvalue weighted by Gasteiger charge is 2.38. The first-order chi connectivity index (χ1) is 9.28. The van der Waals surface area contributed by atoms with Crippen LogP contribution in [0.4, 0.5) is 13.2 Å². The van der Waals surface area contributed by atoms with Gasteiger partial charge >= 0.3 is 12.3 Å². The van der Waals surface area contributed by atoms with Crippen molar-refractivity contribution in [1.29, 1.82) is 0 Å². The first-order valence-electron chi connectivity index (χ1n) is 5.67. The number of carbonyl (C=O) groups is 2. The minimum absolute atomic E-state index is 0.0438. The largest absolute Gasteiger partial charge is 0.573 e. The predicted octanol–water partition coefficient (Wildman–Crippen LogP) is 1.88. The first-order valence-corrected chi connectivity index (χ1v) is 5.67. The number of benzene rings is 1. The lowest BCUT2D eigenvalue weighted by Gasteiger charge is -2.37. The van der Waals surface area contributed by atoms with E-state index >= 15 is 0 Å². The van der Waals surface area contributed by atoms with E-state index in [2.05, 4.69) is 4.74 Å². The fourth-order valence-electron chi connectivity index (χ4n) is 1.88. The maximum atomic E-state index is 12.1. The molecule has 0 aromatic heterocycles. The number of carbonyl (C=O) groups excluding carboxylic acids is 1. The zero-order valence-electron chi connectivity index (χ0n) is 10.1. The van der Waals surface area contributed by atoms with Crippen LogP contribution in [0.2, 0.25) is 0 Å². The van der Waals surface area contributed by atoms with Gasteiger partial charge in [-0.1, -0.05) is 6.07 Å². The number of rotatable bonds is 3. The number of amides is 1. The van der Waals surface area contributed by atoms with Gasteiger partial charge in [0.2, 0.25) is 0 Å². The van der Waals surface area contributed by atoms with E-state index in [0.29, 0.717) is 6.42 Å². The Morgan fingerprint density at radius 1 is 1.35 bits per heavy atom. The van der Waals surface area contributed by atoms with Crippen LogP contribution in [0.5, 0.6) is 5.75 Å². The van der Waals surface area contributed by atoms with Gasteiger partial charge in [0.05, 0.1) is 0 Å². The van der Waals surface area contributed by atoms with Crippen molar-refractivity contribution in [3.05, 3.63) is 29.8 Å². The van der Waals surface area contributed by atoms with Gasteiger partial charge in [0, 0.05) is 12.1 Å². The minimum Gasteiger partial charge on any atom is -0.480 e. The second-order valence-electron chi connectivity index (χ2n) is 4.22. The molecule has 1 N–H and O–H groups in total. The van der Waals surface area contributed by atoms with Crippen LogP contribution in [-0.4, -0.2) is 40.8 Å². The maximum absolute atomic E-state index is 12.1. The van der Waals surface area contributed by atoms with E-state index in [1.54, 1.807) is 0 Å². The smallest absolute Gasteiger partial charge is 0.480 e. The molecule has 5 nitrogen and oxygen atoms in total. The molecule has 1 atom stereocenters. The maximum Gasteiger partial charge on any atom is 0.573 e. The fraction of sp³-hybridized carbons (Fsp3) is 0.333. The van der Waals surface area contributed by atoms with Gasteiger partial charge in [0.15, 0.2) is 0 Å². The van der Waals surface area contributed by atoms with Gasteiger partial charge in [-0.05, 0) is 24.6 Å². The van der Waals surface area contributed by atoms with Crippen molar-refractivity contribution < 1.29 is 32.6 Å². The molecule has 1 amide bonds. The van der Waals surface area contributed by atoms with E-state index in [1.807, 2.05) is 0 Å². The molecule has 1 saturated heterocycles. The van der Waals surface area contributed by atoms with Gasteiger partial charge in [0.25, 0.3) is 5.91 Å². The van der Waals surface area contributed by atoms with Crippen molar-refractivity contribution >= 4 is 11.9 Å². The van der Waals surface area contributed by atoms with E-state index < -0.39 is 30.0 Å². The van der Waals surface area contributed by atoms with Gasteiger partial charge in [0.1, 0.15) is 11.8 Å². The molecule has 2 rings (SSSR count). The Morgan fingerprint density at radius 2 is 2.05 bits per heavy atom. The van der Waals surface area contributed by atoms with Gasteiger partial charge < -0.3 is 14.7 Å². The normalized spacial score (nSPS) is 18.4. The van der Waals surface area contributed by atoms with Crippen LogP contribution in [-0.2, 0) is 4.79 Å². The molecule has 1 unspecified atom stereocenters. The van der Waals surface area contributed by atoms with Crippen molar-refractivity contribution in [2.45, 2.75) is 18.8 Å². The lowest BCUT2D eigenvalue weighted by atomic mass is 10.0. The quantitative estimate of drug-likeness (QED) is 0.922. The number of likely N-dealkylation sites (tertiary alicyclic amines) is 1. The molecule has 1 aromatic rings. The van der Waals surface area contributed by atoms with E-state index in [9.17, 15) is 22.8 Å². The van der Waals surface area contributed by atoms with Crippen LogP contribution in [0.3, 0.4) is 0 Å². The third-order valence-corrected chi connectivity index (χ3v) is 2.88. The summed E-state index contributed by atoms with van der Waals surface area (Å²) in [7, 11) is 0. The lowest BCUT2D eigenvalue weighted by molar-refractivity contribution is -0.274. The molecule has 108 valence electrons. The number of carboxylic acid groups (broad SMARTS) is 1. The SMILES string of the molecule is O=C(O)C1CCN1C(=O)c1cccc(OC(F)(F)F)c1. The Kier molecular flexibility index (Phi) is 3.56. The zero-order chi connectivity index (χ0) is 14.9. The summed E-state index contributed by atoms with van der Waals surface area (Å²) in [4.78, 5) is 23.9. The highest BCUT2D eigenvalue weighted by molar-refractivity contribution is 5.97. The molecule has 0 saturated carbocycles. The number of hydrogen-bond acceptors (Lipinski definition) is 3. The molecular weight excluding hydrogens is 279 g/mol. The monoisotopic (exact) mass is 289 g/mol. The van der Waals surface area contributed by atoms with Crippen LogP contribution in [0.1, 0.15) is 16.8 Å². The molecular formula is C12H10F3NO4. The molecule has 0 bridgehead atoms. The average Bonchev–Trinajstić information content (AvgIpc) is 2.24. The lowest BCUT2D eigenvalue weighted by Crippen LogP contribution is -2.55. The molecule has 1 fully saturated rings. The number of aliphatic carboxylic acids is 1. The van der Waals surface area contributed by atoms with Crippen LogP contribution >= 0.6 is 0 Å². The van der Waals surface area contributed by atoms with E-state index in [0.717, 1.165) is 17.0 Å². The number of hydrogen-bond donors (Lipinski definition) is 1. The van der Waals surface area contributed by atoms with Crippen molar-refractivity contribution in [2.75, 3.05) is 6.54 Å². The summed E-state index contributed by atoms with van der Waals surface area (Å²) in [6.45, 7) is 0.264. The summed E-state index contributed by atoms with van der Waals surface area (Å²) in [6, 6.07) is 3.63. The van der Waals surface area contributed by atoms with E-state index in [-0.39, 0.29) is 12.1 Å². The van der Waals surface area contributed by atoms with Gasteiger partial charge in [-0.3, -0.25) is 4.79 Å². The molecule has 0 radical (unpaired) electrons. The zero-order valence-corrected chi connectivity index (χ0v) is 10.1. The number of ether oxygens (including phenoxy) is 1. The predicted molar refractivity (Wildman–Crippen MR) is 60.2 cm³/mol. The topological polar surface area (TPSA) is 66.8 Å². The fourth-order valence-corrected chi connectivity index (χ4v) is 1.88. The van der Waals surface area contributed by atoms with Crippen molar-refractivity contribution in [3.8, 4) is 5.75 Å². The molecule has 1 aliphatic rings. The van der Waals surface area contributed by atoms with Crippen LogP contribution < -0.4 is 4.74 Å². The molecule has 8 heteroatoms. The number of alkyl halides is 3. The van der Waals surface area contributed by atoms with Crippen LogP contribution in [0.25, 0.3) is 0 Å². The van der Waals surface area contributed by atoms with Crippen LogP contribution in [0.15, 0.2) is 24.3 Å². The number of nitrogens with zero attached hydrogens (tertiary/aromatic N) is 1. The highest BCUT2D eigenvalue weighted by Crippen LogP contribution is 2.26. The third-order valence-electron chi connectivity index (χ3n) is 2.88. The van der Waals surface area contributed by atoms with Crippen molar-refractivity contribution in [3.63, 3.8) is 0 Å². The summed E-state index contributed by atoms with van der Waals surface area (Å²) < 4.78 is 40.0. The summed E-state index contributed by atoms with van der Waals surface area (Å²) in [6.07, 6.45) is -4.51. The minimum atomic E-state index is -4.85. The summed E-state index contributed by atoms with van der Waals surface area (Å²) in [5.74, 6) is -2.28. The molecule has 0 spiro atoms. The first kappa shape index (κ1) is 14.2. The van der Waals surface area contributed by atoms with E-state index in [1.165, 1.54) is 12.1 Å². The Morgan fingerprint density at radius 3 is 2.55 bits per heavy atom. The molecule has 0 aliphatic carbocycles.